The van der Waals surface area contributed by atoms with E-state index in [2.05, 4.69) is 20.8 Å². The largest absolute Gasteiger partial charge is 0.360 e. The SMILES string of the molecule is Cc1cccc(N(C(=O)CCC(=O)Nc2cc(C)on2)[C@H](C(=O)NC2CCCC2)c2ccncc2)c1. The molecule has 0 spiro atoms. The molecule has 36 heavy (non-hydrogen) atoms. The van der Waals surface area contributed by atoms with E-state index in [9.17, 15) is 14.4 Å². The summed E-state index contributed by atoms with van der Waals surface area (Å²) in [5.74, 6) is -0.0794. The van der Waals surface area contributed by atoms with Crippen molar-refractivity contribution in [2.24, 2.45) is 0 Å². The maximum Gasteiger partial charge on any atom is 0.248 e. The van der Waals surface area contributed by atoms with E-state index >= 15 is 0 Å². The van der Waals surface area contributed by atoms with Gasteiger partial charge in [0.15, 0.2) is 5.82 Å². The molecule has 1 aliphatic rings. The minimum atomic E-state index is -0.899. The number of rotatable bonds is 9. The van der Waals surface area contributed by atoms with Gasteiger partial charge in [0.2, 0.25) is 17.7 Å². The van der Waals surface area contributed by atoms with Gasteiger partial charge in [0.1, 0.15) is 11.8 Å². The number of carbonyl (C=O) groups is 3. The third-order valence-corrected chi connectivity index (χ3v) is 6.24. The van der Waals surface area contributed by atoms with Crippen LogP contribution >= 0.6 is 0 Å². The average Bonchev–Trinajstić information content (AvgIpc) is 3.52. The van der Waals surface area contributed by atoms with Gasteiger partial charge in [-0.3, -0.25) is 24.3 Å². The maximum absolute atomic E-state index is 13.7. The second-order valence-electron chi connectivity index (χ2n) is 9.15. The highest BCUT2D eigenvalue weighted by Gasteiger charge is 2.34. The second-order valence-corrected chi connectivity index (χ2v) is 9.15. The monoisotopic (exact) mass is 489 g/mol. The lowest BCUT2D eigenvalue weighted by Gasteiger charge is -2.32. The van der Waals surface area contributed by atoms with Crippen LogP contribution in [-0.4, -0.2) is 33.9 Å². The summed E-state index contributed by atoms with van der Waals surface area (Å²) in [6.45, 7) is 3.65. The average molecular weight is 490 g/mol. The number of aryl methyl sites for hydroxylation is 2. The van der Waals surface area contributed by atoms with E-state index in [0.717, 1.165) is 31.2 Å². The molecule has 0 radical (unpaired) electrons. The summed E-state index contributed by atoms with van der Waals surface area (Å²) in [4.78, 5) is 45.4. The molecule has 0 aliphatic heterocycles. The van der Waals surface area contributed by atoms with E-state index < -0.39 is 6.04 Å². The maximum atomic E-state index is 13.7. The van der Waals surface area contributed by atoms with Gasteiger partial charge in [-0.2, -0.15) is 0 Å². The number of carbonyl (C=O) groups excluding carboxylic acids is 3. The summed E-state index contributed by atoms with van der Waals surface area (Å²) >= 11 is 0. The van der Waals surface area contributed by atoms with Crippen molar-refractivity contribution in [3.05, 3.63) is 71.7 Å². The number of hydrogen-bond acceptors (Lipinski definition) is 6. The Balaban J connectivity index is 1.60. The predicted molar refractivity (Wildman–Crippen MR) is 135 cm³/mol. The van der Waals surface area contributed by atoms with Gasteiger partial charge >= 0.3 is 0 Å². The lowest BCUT2D eigenvalue weighted by Crippen LogP contribution is -2.46. The van der Waals surface area contributed by atoms with Gasteiger partial charge in [-0.15, -0.1) is 0 Å². The highest BCUT2D eigenvalue weighted by molar-refractivity contribution is 6.03. The van der Waals surface area contributed by atoms with Crippen molar-refractivity contribution >= 4 is 29.2 Å². The second kappa shape index (κ2) is 11.6. The minimum absolute atomic E-state index is 0.0691. The van der Waals surface area contributed by atoms with Crippen LogP contribution in [0.2, 0.25) is 0 Å². The standard InChI is InChI=1S/C27H31N5O4/c1-18-6-5-9-22(16-18)32(25(34)11-10-24(33)30-23-17-19(2)36-31-23)26(20-12-14-28-15-13-20)27(35)29-21-7-3-4-8-21/h5-6,9,12-17,21,26H,3-4,7-8,10-11H2,1-2H3,(H,29,35)(H,30,31,33)/t26-/m0/s1. The molecular weight excluding hydrogens is 458 g/mol. The van der Waals surface area contributed by atoms with Crippen molar-refractivity contribution in [1.82, 2.24) is 15.5 Å². The molecule has 9 nitrogen and oxygen atoms in total. The van der Waals surface area contributed by atoms with Crippen molar-refractivity contribution < 1.29 is 18.9 Å². The molecule has 3 aromatic rings. The topological polar surface area (TPSA) is 117 Å². The molecule has 1 fully saturated rings. The molecule has 3 amide bonds. The third-order valence-electron chi connectivity index (χ3n) is 6.24. The Bertz CT molecular complexity index is 1200. The summed E-state index contributed by atoms with van der Waals surface area (Å²) in [7, 11) is 0. The summed E-state index contributed by atoms with van der Waals surface area (Å²) < 4.78 is 4.97. The zero-order valence-corrected chi connectivity index (χ0v) is 20.6. The Hall–Kier alpha value is -4.01. The summed E-state index contributed by atoms with van der Waals surface area (Å²) in [5, 5.41) is 9.54. The molecule has 188 valence electrons. The van der Waals surface area contributed by atoms with Crippen LogP contribution in [0.25, 0.3) is 0 Å². The number of anilines is 2. The lowest BCUT2D eigenvalue weighted by molar-refractivity contribution is -0.127. The first-order valence-electron chi connectivity index (χ1n) is 12.2. The quantitative estimate of drug-likeness (QED) is 0.464. The predicted octanol–water partition coefficient (Wildman–Crippen LogP) is 4.24. The molecule has 1 saturated carbocycles. The normalized spacial score (nSPS) is 14.3. The highest BCUT2D eigenvalue weighted by Crippen LogP contribution is 2.30. The molecule has 0 saturated heterocycles. The first kappa shape index (κ1) is 25.1. The van der Waals surface area contributed by atoms with E-state index in [4.69, 9.17) is 4.52 Å². The van der Waals surface area contributed by atoms with E-state index in [1.54, 1.807) is 43.6 Å². The van der Waals surface area contributed by atoms with Gasteiger partial charge < -0.3 is 15.2 Å². The smallest absolute Gasteiger partial charge is 0.248 e. The van der Waals surface area contributed by atoms with Crippen molar-refractivity contribution in [2.75, 3.05) is 10.2 Å². The number of nitrogens with one attached hydrogen (secondary N) is 2. The highest BCUT2D eigenvalue weighted by atomic mass is 16.5. The number of aromatic nitrogens is 2. The van der Waals surface area contributed by atoms with Crippen molar-refractivity contribution in [2.45, 2.75) is 64.5 Å². The number of hydrogen-bond donors (Lipinski definition) is 2. The number of nitrogens with zero attached hydrogens (tertiary/aromatic N) is 3. The first-order valence-corrected chi connectivity index (χ1v) is 12.2. The third kappa shape index (κ3) is 6.35. The zero-order valence-electron chi connectivity index (χ0n) is 20.6. The zero-order chi connectivity index (χ0) is 25.5. The van der Waals surface area contributed by atoms with E-state index in [1.165, 1.54) is 4.90 Å². The Morgan fingerprint density at radius 3 is 2.47 bits per heavy atom. The molecule has 2 N–H and O–H groups in total. The summed E-state index contributed by atoms with van der Waals surface area (Å²) in [6, 6.07) is 11.7. The van der Waals surface area contributed by atoms with E-state index in [1.807, 2.05) is 25.1 Å². The van der Waals surface area contributed by atoms with E-state index in [-0.39, 0.29) is 36.6 Å². The van der Waals surface area contributed by atoms with Gasteiger partial charge in [-0.05, 0) is 62.1 Å². The van der Waals surface area contributed by atoms with Crippen LogP contribution in [-0.2, 0) is 14.4 Å². The minimum Gasteiger partial charge on any atom is -0.360 e. The fourth-order valence-electron chi connectivity index (χ4n) is 4.50. The lowest BCUT2D eigenvalue weighted by atomic mass is 10.0. The van der Waals surface area contributed by atoms with Crippen molar-refractivity contribution in [1.29, 1.82) is 0 Å². The van der Waals surface area contributed by atoms with Crippen LogP contribution in [0, 0.1) is 13.8 Å². The molecule has 2 heterocycles. The molecule has 1 atom stereocenters. The van der Waals surface area contributed by atoms with Crippen LogP contribution in [0.1, 0.15) is 61.5 Å². The van der Waals surface area contributed by atoms with E-state index in [0.29, 0.717) is 22.8 Å². The van der Waals surface area contributed by atoms with Gasteiger partial charge in [-0.25, -0.2) is 0 Å². The van der Waals surface area contributed by atoms with Gasteiger partial charge in [0.25, 0.3) is 0 Å². The first-order chi connectivity index (χ1) is 17.4. The molecule has 0 unspecified atom stereocenters. The Labute approximate surface area is 210 Å². The fourth-order valence-corrected chi connectivity index (χ4v) is 4.50. The number of benzene rings is 1. The van der Waals surface area contributed by atoms with Gasteiger partial charge in [0.05, 0.1) is 0 Å². The molecule has 0 bridgehead atoms. The fraction of sp³-hybridized carbons (Fsp3) is 0.370. The van der Waals surface area contributed by atoms with Crippen LogP contribution in [0.5, 0.6) is 0 Å². The van der Waals surface area contributed by atoms with Crippen LogP contribution in [0.4, 0.5) is 11.5 Å². The summed E-state index contributed by atoms with van der Waals surface area (Å²) in [5.41, 5.74) is 2.20. The molecule has 1 aliphatic carbocycles. The molecule has 4 rings (SSSR count). The van der Waals surface area contributed by atoms with Crippen LogP contribution in [0.3, 0.4) is 0 Å². The van der Waals surface area contributed by atoms with Crippen molar-refractivity contribution in [3.8, 4) is 0 Å². The Morgan fingerprint density at radius 1 is 1.06 bits per heavy atom. The van der Waals surface area contributed by atoms with Gasteiger partial charge in [0, 0.05) is 43.0 Å². The van der Waals surface area contributed by atoms with Crippen LogP contribution in [0.15, 0.2) is 59.4 Å². The molecular formula is C27H31N5O4. The molecule has 9 heteroatoms. The molecule has 1 aromatic carbocycles. The van der Waals surface area contributed by atoms with Crippen LogP contribution < -0.4 is 15.5 Å². The Kier molecular flexibility index (Phi) is 8.10. The Morgan fingerprint density at radius 2 is 1.81 bits per heavy atom. The number of amides is 3. The summed E-state index contributed by atoms with van der Waals surface area (Å²) in [6.07, 6.45) is 7.06. The molecule has 2 aromatic heterocycles. The number of pyridine rings is 1. The van der Waals surface area contributed by atoms with Gasteiger partial charge in [-0.1, -0.05) is 30.1 Å². The van der Waals surface area contributed by atoms with Crippen molar-refractivity contribution in [3.63, 3.8) is 0 Å².